The number of nitrogens with two attached hydrogens (primary N) is 1. The Hall–Kier alpha value is -1.59. The van der Waals surface area contributed by atoms with Gasteiger partial charge in [-0.05, 0) is 24.6 Å². The van der Waals surface area contributed by atoms with Gasteiger partial charge < -0.3 is 14.9 Å². The van der Waals surface area contributed by atoms with E-state index in [-0.39, 0.29) is 0 Å². The quantitative estimate of drug-likeness (QED) is 0.817. The van der Waals surface area contributed by atoms with E-state index in [4.69, 9.17) is 14.9 Å². The van der Waals surface area contributed by atoms with E-state index in [0.717, 1.165) is 56.3 Å². The molecule has 0 saturated carbocycles. The number of nitrogens with zero attached hydrogens (tertiary/aromatic N) is 2. The van der Waals surface area contributed by atoms with E-state index in [1.54, 1.807) is 0 Å². The monoisotopic (exact) mass is 247 g/mol. The average molecular weight is 247 g/mol. The van der Waals surface area contributed by atoms with Crippen LogP contribution in [-0.2, 0) is 11.3 Å². The van der Waals surface area contributed by atoms with Crippen molar-refractivity contribution in [3.05, 3.63) is 24.1 Å². The summed E-state index contributed by atoms with van der Waals surface area (Å²) in [6.45, 7) is 4.33. The van der Waals surface area contributed by atoms with Crippen LogP contribution in [0.5, 0.6) is 0 Å². The van der Waals surface area contributed by atoms with Gasteiger partial charge in [0.05, 0.1) is 13.2 Å². The van der Waals surface area contributed by atoms with Gasteiger partial charge in [-0.25, -0.2) is 4.98 Å². The summed E-state index contributed by atoms with van der Waals surface area (Å²) in [5, 5.41) is 0. The van der Waals surface area contributed by atoms with Crippen molar-refractivity contribution in [2.45, 2.75) is 13.0 Å². The lowest BCUT2D eigenvalue weighted by Crippen LogP contribution is -2.25. The lowest BCUT2D eigenvalue weighted by molar-refractivity contribution is 0.139. The number of hydrogen-bond donors (Lipinski definition) is 1. The van der Waals surface area contributed by atoms with Crippen molar-refractivity contribution in [2.24, 2.45) is 0 Å². The number of anilines is 1. The maximum absolute atomic E-state index is 5.73. The Morgan fingerprint density at radius 2 is 2.22 bits per heavy atom. The Bertz CT molecular complexity index is 530. The fourth-order valence-electron chi connectivity index (χ4n) is 2.21. The van der Waals surface area contributed by atoms with Gasteiger partial charge in [0.2, 0.25) is 5.89 Å². The fourth-order valence-corrected chi connectivity index (χ4v) is 2.21. The third kappa shape index (κ3) is 2.47. The van der Waals surface area contributed by atoms with Crippen molar-refractivity contribution in [2.75, 3.05) is 32.0 Å². The highest BCUT2D eigenvalue weighted by molar-refractivity contribution is 5.76. The molecule has 18 heavy (non-hydrogen) atoms. The molecule has 2 heterocycles. The number of aromatic nitrogens is 1. The van der Waals surface area contributed by atoms with Crippen molar-refractivity contribution in [1.82, 2.24) is 9.88 Å². The van der Waals surface area contributed by atoms with Gasteiger partial charge in [0.15, 0.2) is 5.58 Å². The van der Waals surface area contributed by atoms with Crippen LogP contribution >= 0.6 is 0 Å². The van der Waals surface area contributed by atoms with E-state index in [1.165, 1.54) is 0 Å². The molecule has 0 radical (unpaired) electrons. The van der Waals surface area contributed by atoms with Crippen LogP contribution in [0, 0.1) is 0 Å². The SMILES string of the molecule is Nc1ccc2oc(CN3CCCOCC3)nc2c1. The van der Waals surface area contributed by atoms with Crippen LogP contribution < -0.4 is 5.73 Å². The smallest absolute Gasteiger partial charge is 0.209 e. The molecule has 1 aromatic heterocycles. The highest BCUT2D eigenvalue weighted by Crippen LogP contribution is 2.19. The molecule has 0 amide bonds. The third-order valence-electron chi connectivity index (χ3n) is 3.13. The van der Waals surface area contributed by atoms with Crippen LogP contribution in [0.2, 0.25) is 0 Å². The molecule has 2 N–H and O–H groups in total. The second-order valence-electron chi connectivity index (χ2n) is 4.58. The minimum absolute atomic E-state index is 0.713. The molecule has 3 rings (SSSR count). The first-order chi connectivity index (χ1) is 8.81. The second kappa shape index (κ2) is 4.96. The molecule has 1 saturated heterocycles. The molecule has 0 unspecified atom stereocenters. The van der Waals surface area contributed by atoms with Crippen molar-refractivity contribution in [3.8, 4) is 0 Å². The predicted octanol–water partition coefficient (Wildman–Crippen LogP) is 1.63. The van der Waals surface area contributed by atoms with Crippen molar-refractivity contribution in [3.63, 3.8) is 0 Å². The van der Waals surface area contributed by atoms with E-state index in [9.17, 15) is 0 Å². The van der Waals surface area contributed by atoms with Gasteiger partial charge in [-0.3, -0.25) is 4.90 Å². The summed E-state index contributed by atoms with van der Waals surface area (Å²) in [6.07, 6.45) is 1.06. The number of ether oxygens (including phenoxy) is 1. The molecule has 1 aliphatic heterocycles. The van der Waals surface area contributed by atoms with E-state index in [2.05, 4.69) is 9.88 Å². The number of fused-ring (bicyclic) bond motifs is 1. The number of nitrogen functional groups attached to an aromatic ring is 1. The van der Waals surface area contributed by atoms with Crippen LogP contribution in [0.4, 0.5) is 5.69 Å². The molecule has 5 nitrogen and oxygen atoms in total. The van der Waals surface area contributed by atoms with Crippen molar-refractivity contribution >= 4 is 16.8 Å². The summed E-state index contributed by atoms with van der Waals surface area (Å²) in [6, 6.07) is 5.54. The van der Waals surface area contributed by atoms with Gasteiger partial charge in [-0.2, -0.15) is 0 Å². The zero-order valence-electron chi connectivity index (χ0n) is 10.3. The van der Waals surface area contributed by atoms with Crippen LogP contribution in [0.1, 0.15) is 12.3 Å². The first-order valence-electron chi connectivity index (χ1n) is 6.26. The zero-order chi connectivity index (χ0) is 12.4. The van der Waals surface area contributed by atoms with Crippen LogP contribution in [0.15, 0.2) is 22.6 Å². The highest BCUT2D eigenvalue weighted by atomic mass is 16.5. The summed E-state index contributed by atoms with van der Waals surface area (Å²) in [5.74, 6) is 0.748. The molecular formula is C13H17N3O2. The molecule has 96 valence electrons. The Balaban J connectivity index is 1.77. The van der Waals surface area contributed by atoms with Gasteiger partial charge >= 0.3 is 0 Å². The fraction of sp³-hybridized carbons (Fsp3) is 0.462. The first kappa shape index (κ1) is 11.5. The summed E-state index contributed by atoms with van der Waals surface area (Å²) in [7, 11) is 0. The van der Waals surface area contributed by atoms with Crippen LogP contribution in [0.25, 0.3) is 11.1 Å². The Labute approximate surface area is 106 Å². The lowest BCUT2D eigenvalue weighted by atomic mass is 10.3. The minimum Gasteiger partial charge on any atom is -0.439 e. The van der Waals surface area contributed by atoms with E-state index in [1.807, 2.05) is 18.2 Å². The number of oxazole rings is 1. The number of rotatable bonds is 2. The molecule has 0 atom stereocenters. The zero-order valence-corrected chi connectivity index (χ0v) is 10.3. The Morgan fingerprint density at radius 3 is 3.17 bits per heavy atom. The normalized spacial score (nSPS) is 18.0. The molecule has 5 heteroatoms. The first-order valence-corrected chi connectivity index (χ1v) is 6.26. The van der Waals surface area contributed by atoms with Gasteiger partial charge in [0, 0.05) is 25.4 Å². The Kier molecular flexibility index (Phi) is 3.17. The molecule has 2 aromatic rings. The van der Waals surface area contributed by atoms with Gasteiger partial charge in [-0.1, -0.05) is 0 Å². The van der Waals surface area contributed by atoms with E-state index < -0.39 is 0 Å². The van der Waals surface area contributed by atoms with Crippen LogP contribution in [0.3, 0.4) is 0 Å². The Morgan fingerprint density at radius 1 is 1.28 bits per heavy atom. The molecule has 0 aliphatic carbocycles. The molecule has 1 fully saturated rings. The molecule has 0 spiro atoms. The summed E-state index contributed by atoms with van der Waals surface area (Å²) in [5.41, 5.74) is 8.07. The topological polar surface area (TPSA) is 64.5 Å². The number of benzene rings is 1. The minimum atomic E-state index is 0.713. The highest BCUT2D eigenvalue weighted by Gasteiger charge is 2.13. The molecule has 1 aliphatic rings. The molecule has 0 bridgehead atoms. The summed E-state index contributed by atoms with van der Waals surface area (Å²) >= 11 is 0. The van der Waals surface area contributed by atoms with E-state index in [0.29, 0.717) is 5.69 Å². The average Bonchev–Trinajstić information content (AvgIpc) is 2.57. The lowest BCUT2D eigenvalue weighted by Gasteiger charge is -2.16. The van der Waals surface area contributed by atoms with Gasteiger partial charge in [0.25, 0.3) is 0 Å². The maximum atomic E-state index is 5.73. The van der Waals surface area contributed by atoms with Crippen LogP contribution in [-0.4, -0.2) is 36.2 Å². The largest absolute Gasteiger partial charge is 0.439 e. The molecule has 1 aromatic carbocycles. The summed E-state index contributed by atoms with van der Waals surface area (Å²) in [4.78, 5) is 6.78. The maximum Gasteiger partial charge on any atom is 0.209 e. The second-order valence-corrected chi connectivity index (χ2v) is 4.58. The number of hydrogen-bond acceptors (Lipinski definition) is 5. The van der Waals surface area contributed by atoms with Crippen molar-refractivity contribution in [1.29, 1.82) is 0 Å². The summed E-state index contributed by atoms with van der Waals surface area (Å²) < 4.78 is 11.1. The van der Waals surface area contributed by atoms with Crippen molar-refractivity contribution < 1.29 is 9.15 Å². The van der Waals surface area contributed by atoms with E-state index >= 15 is 0 Å². The molecular weight excluding hydrogens is 230 g/mol. The van der Waals surface area contributed by atoms with Gasteiger partial charge in [0.1, 0.15) is 5.52 Å². The standard InChI is InChI=1S/C13H17N3O2/c14-10-2-3-12-11(8-10)15-13(18-12)9-16-4-1-6-17-7-5-16/h2-3,8H,1,4-7,9,14H2. The van der Waals surface area contributed by atoms with Gasteiger partial charge in [-0.15, -0.1) is 0 Å². The predicted molar refractivity (Wildman–Crippen MR) is 69.1 cm³/mol. The third-order valence-corrected chi connectivity index (χ3v) is 3.13.